The fourth-order valence-corrected chi connectivity index (χ4v) is 1.56. The van der Waals surface area contributed by atoms with E-state index in [0.717, 1.165) is 11.2 Å². The third kappa shape index (κ3) is 1.52. The Balaban J connectivity index is 2.83. The van der Waals surface area contributed by atoms with Gasteiger partial charge in [-0.2, -0.15) is 0 Å². The zero-order valence-corrected chi connectivity index (χ0v) is 8.14. The molecule has 1 aromatic carbocycles. The molecule has 4 heteroatoms. The molecule has 0 aliphatic heterocycles. The molecular weight excluding hydrogens is 200 g/mol. The number of fused-ring (bicyclic) bond motifs is 1. The average Bonchev–Trinajstić information content (AvgIpc) is 2.19. The summed E-state index contributed by atoms with van der Waals surface area (Å²) in [4.78, 5) is 14.6. The smallest absolute Gasteiger partial charge is 0.189 e. The minimum atomic E-state index is -0.0540. The molecule has 0 atom stereocenters. The van der Waals surface area contributed by atoms with E-state index >= 15 is 0 Å². The van der Waals surface area contributed by atoms with Gasteiger partial charge in [0.25, 0.3) is 0 Å². The van der Waals surface area contributed by atoms with Gasteiger partial charge in [0.05, 0.1) is 0 Å². The Kier molecular flexibility index (Phi) is 2.27. The van der Waals surface area contributed by atoms with Crippen LogP contribution >= 0.6 is 11.6 Å². The predicted octanol–water partition coefficient (Wildman–Crippen LogP) is 1.64. The molecule has 0 bridgehead atoms. The molecule has 1 aromatic heterocycles. The monoisotopic (exact) mass is 208 g/mol. The molecule has 3 nitrogen and oxygen atoms in total. The van der Waals surface area contributed by atoms with Gasteiger partial charge in [-0.15, -0.1) is 0 Å². The Morgan fingerprint density at radius 2 is 2.14 bits per heavy atom. The van der Waals surface area contributed by atoms with Crippen molar-refractivity contribution in [2.24, 2.45) is 5.73 Å². The van der Waals surface area contributed by atoms with E-state index in [1.165, 1.54) is 6.07 Å². The fraction of sp³-hybridized carbons (Fsp3) is 0.100. The minimum absolute atomic E-state index is 0.0540. The molecule has 1 heterocycles. The van der Waals surface area contributed by atoms with E-state index in [1.54, 1.807) is 18.2 Å². The molecule has 3 N–H and O–H groups in total. The number of halogens is 1. The van der Waals surface area contributed by atoms with E-state index in [0.29, 0.717) is 17.0 Å². The summed E-state index contributed by atoms with van der Waals surface area (Å²) >= 11 is 5.79. The van der Waals surface area contributed by atoms with Gasteiger partial charge in [-0.25, -0.2) is 0 Å². The van der Waals surface area contributed by atoms with Crippen molar-refractivity contribution in [2.45, 2.75) is 6.54 Å². The van der Waals surface area contributed by atoms with Gasteiger partial charge in [-0.1, -0.05) is 11.6 Å². The van der Waals surface area contributed by atoms with Crippen LogP contribution in [0.3, 0.4) is 0 Å². The summed E-state index contributed by atoms with van der Waals surface area (Å²) in [6.07, 6.45) is 0. The van der Waals surface area contributed by atoms with E-state index < -0.39 is 0 Å². The summed E-state index contributed by atoms with van der Waals surface area (Å²) in [6, 6.07) is 6.66. The molecule has 0 spiro atoms. The van der Waals surface area contributed by atoms with Gasteiger partial charge in [-0.3, -0.25) is 4.79 Å². The van der Waals surface area contributed by atoms with E-state index in [-0.39, 0.29) is 5.43 Å². The van der Waals surface area contributed by atoms with Gasteiger partial charge in [-0.05, 0) is 18.2 Å². The van der Waals surface area contributed by atoms with Gasteiger partial charge in [0.2, 0.25) is 0 Å². The van der Waals surface area contributed by atoms with Crippen molar-refractivity contribution in [1.29, 1.82) is 0 Å². The first-order valence-corrected chi connectivity index (χ1v) is 4.60. The number of nitrogens with one attached hydrogen (secondary N) is 1. The highest BCUT2D eigenvalue weighted by atomic mass is 35.5. The standard InChI is InChI=1S/C10H9ClN2O/c11-6-1-2-9-8(3-6)10(14)4-7(5-12)13-9/h1-4H,5,12H2,(H,13,14). The van der Waals surface area contributed by atoms with Crippen molar-refractivity contribution < 1.29 is 0 Å². The quantitative estimate of drug-likeness (QED) is 0.749. The van der Waals surface area contributed by atoms with Crippen molar-refractivity contribution in [1.82, 2.24) is 4.98 Å². The zero-order valence-electron chi connectivity index (χ0n) is 7.38. The van der Waals surface area contributed by atoms with Crippen LogP contribution in [0.4, 0.5) is 0 Å². The molecule has 72 valence electrons. The fourth-order valence-electron chi connectivity index (χ4n) is 1.38. The van der Waals surface area contributed by atoms with Crippen LogP contribution in [0, 0.1) is 0 Å². The summed E-state index contributed by atoms with van der Waals surface area (Å²) in [5.74, 6) is 0. The van der Waals surface area contributed by atoms with Crippen LogP contribution in [-0.2, 0) is 6.54 Å². The molecule has 0 radical (unpaired) electrons. The van der Waals surface area contributed by atoms with Crippen molar-refractivity contribution in [3.63, 3.8) is 0 Å². The van der Waals surface area contributed by atoms with Crippen LogP contribution in [0.1, 0.15) is 5.69 Å². The van der Waals surface area contributed by atoms with Crippen molar-refractivity contribution in [2.75, 3.05) is 0 Å². The van der Waals surface area contributed by atoms with Crippen molar-refractivity contribution >= 4 is 22.5 Å². The first-order chi connectivity index (χ1) is 6.70. The van der Waals surface area contributed by atoms with Crippen LogP contribution in [-0.4, -0.2) is 4.98 Å². The summed E-state index contributed by atoms with van der Waals surface area (Å²) in [5.41, 5.74) is 6.88. The second-order valence-electron chi connectivity index (χ2n) is 3.05. The number of rotatable bonds is 1. The second kappa shape index (κ2) is 3.44. The number of aromatic amines is 1. The van der Waals surface area contributed by atoms with Gasteiger partial charge >= 0.3 is 0 Å². The first kappa shape index (κ1) is 9.24. The lowest BCUT2D eigenvalue weighted by Crippen LogP contribution is -2.08. The van der Waals surface area contributed by atoms with Crippen LogP contribution in [0.5, 0.6) is 0 Å². The van der Waals surface area contributed by atoms with Gasteiger partial charge < -0.3 is 10.7 Å². The molecule has 0 saturated carbocycles. The van der Waals surface area contributed by atoms with Crippen molar-refractivity contribution in [3.05, 3.63) is 45.2 Å². The Hall–Kier alpha value is -1.32. The highest BCUT2D eigenvalue weighted by Crippen LogP contribution is 2.14. The second-order valence-corrected chi connectivity index (χ2v) is 3.49. The van der Waals surface area contributed by atoms with E-state index in [4.69, 9.17) is 17.3 Å². The van der Waals surface area contributed by atoms with Gasteiger partial charge in [0.1, 0.15) is 0 Å². The number of hydrogen-bond donors (Lipinski definition) is 2. The maximum absolute atomic E-state index is 11.6. The predicted molar refractivity (Wildman–Crippen MR) is 57.5 cm³/mol. The largest absolute Gasteiger partial charge is 0.357 e. The number of aromatic nitrogens is 1. The lowest BCUT2D eigenvalue weighted by molar-refractivity contribution is 1.00. The number of H-pyrrole nitrogens is 1. The van der Waals surface area contributed by atoms with Gasteiger partial charge in [0, 0.05) is 34.2 Å². The number of nitrogens with two attached hydrogens (primary N) is 1. The Morgan fingerprint density at radius 3 is 2.86 bits per heavy atom. The number of pyridine rings is 1. The minimum Gasteiger partial charge on any atom is -0.357 e. The van der Waals surface area contributed by atoms with Crippen LogP contribution in [0.25, 0.3) is 10.9 Å². The molecule has 2 aromatic rings. The topological polar surface area (TPSA) is 58.9 Å². The first-order valence-electron chi connectivity index (χ1n) is 4.22. The molecule has 0 amide bonds. The van der Waals surface area contributed by atoms with E-state index in [1.807, 2.05) is 0 Å². The molecule has 0 unspecified atom stereocenters. The Labute approximate surface area is 85.5 Å². The average molecular weight is 209 g/mol. The molecular formula is C10H9ClN2O. The number of hydrogen-bond acceptors (Lipinski definition) is 2. The summed E-state index contributed by atoms with van der Waals surface area (Å²) in [5, 5.41) is 1.15. The molecule has 14 heavy (non-hydrogen) atoms. The zero-order chi connectivity index (χ0) is 10.1. The normalized spacial score (nSPS) is 10.7. The van der Waals surface area contributed by atoms with Crippen molar-refractivity contribution in [3.8, 4) is 0 Å². The van der Waals surface area contributed by atoms with Crippen LogP contribution < -0.4 is 11.2 Å². The summed E-state index contributed by atoms with van der Waals surface area (Å²) in [7, 11) is 0. The van der Waals surface area contributed by atoms with Crippen LogP contribution in [0.2, 0.25) is 5.02 Å². The summed E-state index contributed by atoms with van der Waals surface area (Å²) in [6.45, 7) is 0.327. The van der Waals surface area contributed by atoms with Gasteiger partial charge in [0.15, 0.2) is 5.43 Å². The van der Waals surface area contributed by atoms with E-state index in [9.17, 15) is 4.79 Å². The molecule has 0 fully saturated rings. The molecule has 2 rings (SSSR count). The lowest BCUT2D eigenvalue weighted by Gasteiger charge is -2.01. The van der Waals surface area contributed by atoms with Crippen LogP contribution in [0.15, 0.2) is 29.1 Å². The third-order valence-corrected chi connectivity index (χ3v) is 2.30. The lowest BCUT2D eigenvalue weighted by atomic mass is 10.2. The molecule has 0 aliphatic carbocycles. The maximum atomic E-state index is 11.6. The summed E-state index contributed by atoms with van der Waals surface area (Å²) < 4.78 is 0. The highest BCUT2D eigenvalue weighted by molar-refractivity contribution is 6.31. The Bertz CT molecular complexity index is 533. The maximum Gasteiger partial charge on any atom is 0.189 e. The molecule has 0 saturated heterocycles. The number of benzene rings is 1. The molecule has 0 aliphatic rings. The SMILES string of the molecule is NCc1cc(=O)c2cc(Cl)ccc2[nH]1. The third-order valence-electron chi connectivity index (χ3n) is 2.07. The Morgan fingerprint density at radius 1 is 1.36 bits per heavy atom. The van der Waals surface area contributed by atoms with E-state index in [2.05, 4.69) is 4.98 Å². The highest BCUT2D eigenvalue weighted by Gasteiger charge is 2.01.